The van der Waals surface area contributed by atoms with Gasteiger partial charge in [0, 0.05) is 11.5 Å². The second kappa shape index (κ2) is 9.72. The molecule has 0 bridgehead atoms. The SMILES string of the molecule is O=C(O)Cc1ccc(-c2ccc(OCc3c(-c4c(Cl)cccc4Cl)noc3C3CC3)c(F)c2)cc1. The molecule has 1 aliphatic rings. The van der Waals surface area contributed by atoms with Crippen molar-refractivity contribution in [2.75, 3.05) is 0 Å². The van der Waals surface area contributed by atoms with Crippen LogP contribution in [0.2, 0.25) is 10.0 Å². The van der Waals surface area contributed by atoms with Crippen LogP contribution in [0.15, 0.2) is 65.2 Å². The van der Waals surface area contributed by atoms with Crippen LogP contribution in [0.25, 0.3) is 22.4 Å². The fraction of sp³-hybridized carbons (Fsp3) is 0.185. The van der Waals surface area contributed by atoms with E-state index in [-0.39, 0.29) is 24.7 Å². The number of aromatic nitrogens is 1. The molecule has 1 saturated carbocycles. The van der Waals surface area contributed by atoms with Gasteiger partial charge in [-0.1, -0.05) is 64.8 Å². The molecule has 3 aromatic carbocycles. The maximum atomic E-state index is 15.0. The number of carbonyl (C=O) groups is 1. The molecule has 0 unspecified atom stereocenters. The maximum Gasteiger partial charge on any atom is 0.307 e. The van der Waals surface area contributed by atoms with E-state index in [1.807, 2.05) is 0 Å². The third-order valence-electron chi connectivity index (χ3n) is 5.91. The van der Waals surface area contributed by atoms with E-state index in [9.17, 15) is 9.18 Å². The quantitative estimate of drug-likeness (QED) is 0.264. The number of rotatable bonds is 8. The lowest BCUT2D eigenvalue weighted by Crippen LogP contribution is -2.01. The normalized spacial score (nSPS) is 13.1. The minimum Gasteiger partial charge on any atom is -0.486 e. The average molecular weight is 512 g/mol. The van der Waals surface area contributed by atoms with Crippen LogP contribution < -0.4 is 4.74 Å². The van der Waals surface area contributed by atoms with E-state index in [0.717, 1.165) is 24.2 Å². The fourth-order valence-corrected chi connectivity index (χ4v) is 4.56. The van der Waals surface area contributed by atoms with E-state index in [1.165, 1.54) is 6.07 Å². The zero-order chi connectivity index (χ0) is 24.5. The van der Waals surface area contributed by atoms with Crippen molar-refractivity contribution in [1.29, 1.82) is 0 Å². The topological polar surface area (TPSA) is 72.6 Å². The lowest BCUT2D eigenvalue weighted by atomic mass is 10.0. The lowest BCUT2D eigenvalue weighted by molar-refractivity contribution is -0.136. The molecule has 35 heavy (non-hydrogen) atoms. The summed E-state index contributed by atoms with van der Waals surface area (Å²) in [5.74, 6) is -0.348. The van der Waals surface area contributed by atoms with Gasteiger partial charge in [0.25, 0.3) is 0 Å². The summed E-state index contributed by atoms with van der Waals surface area (Å²) in [6, 6.07) is 16.9. The molecular weight excluding hydrogens is 492 g/mol. The molecule has 1 N–H and O–H groups in total. The van der Waals surface area contributed by atoms with Crippen molar-refractivity contribution in [3.8, 4) is 28.1 Å². The molecule has 4 aromatic rings. The summed E-state index contributed by atoms with van der Waals surface area (Å²) < 4.78 is 26.5. The zero-order valence-electron chi connectivity index (χ0n) is 18.4. The van der Waals surface area contributed by atoms with Crippen molar-refractivity contribution >= 4 is 29.2 Å². The van der Waals surface area contributed by atoms with Gasteiger partial charge in [0.05, 0.1) is 22.0 Å². The molecule has 1 aliphatic carbocycles. The number of carboxylic acid groups (broad SMARTS) is 1. The molecule has 1 heterocycles. The van der Waals surface area contributed by atoms with Crippen LogP contribution in [-0.4, -0.2) is 16.2 Å². The fourth-order valence-electron chi connectivity index (χ4n) is 3.99. The van der Waals surface area contributed by atoms with Gasteiger partial charge >= 0.3 is 5.97 Å². The summed E-state index contributed by atoms with van der Waals surface area (Å²) in [7, 11) is 0. The molecule has 1 fully saturated rings. The first-order chi connectivity index (χ1) is 16.9. The third kappa shape index (κ3) is 5.04. The molecule has 8 heteroatoms. The second-order valence-corrected chi connectivity index (χ2v) is 9.26. The van der Waals surface area contributed by atoms with Gasteiger partial charge < -0.3 is 14.4 Å². The molecule has 0 spiro atoms. The number of aliphatic carboxylic acids is 1. The highest BCUT2D eigenvalue weighted by atomic mass is 35.5. The van der Waals surface area contributed by atoms with Gasteiger partial charge in [-0.05, 0) is 53.8 Å². The molecule has 0 aliphatic heterocycles. The van der Waals surface area contributed by atoms with Crippen LogP contribution in [0.1, 0.15) is 35.6 Å². The minimum absolute atomic E-state index is 0.0480. The first-order valence-corrected chi connectivity index (χ1v) is 11.8. The van der Waals surface area contributed by atoms with Crippen LogP contribution in [0.5, 0.6) is 5.75 Å². The molecule has 0 atom stereocenters. The van der Waals surface area contributed by atoms with Gasteiger partial charge in [0.1, 0.15) is 18.1 Å². The Morgan fingerprint density at radius 3 is 2.37 bits per heavy atom. The van der Waals surface area contributed by atoms with Gasteiger partial charge in [-0.3, -0.25) is 4.79 Å². The Morgan fingerprint density at radius 1 is 1.06 bits per heavy atom. The van der Waals surface area contributed by atoms with Crippen LogP contribution >= 0.6 is 23.2 Å². The summed E-state index contributed by atoms with van der Waals surface area (Å²) in [5, 5.41) is 14.0. The number of benzene rings is 3. The van der Waals surface area contributed by atoms with Gasteiger partial charge in [0.15, 0.2) is 11.6 Å². The predicted octanol–water partition coefficient (Wildman–Crippen LogP) is 7.54. The first-order valence-electron chi connectivity index (χ1n) is 11.1. The van der Waals surface area contributed by atoms with Crippen molar-refractivity contribution < 1.29 is 23.6 Å². The van der Waals surface area contributed by atoms with Crippen molar-refractivity contribution in [2.45, 2.75) is 31.8 Å². The largest absolute Gasteiger partial charge is 0.486 e. The predicted molar refractivity (Wildman–Crippen MR) is 131 cm³/mol. The van der Waals surface area contributed by atoms with Crippen molar-refractivity contribution in [2.24, 2.45) is 0 Å². The Kier molecular flexibility index (Phi) is 6.50. The number of halogens is 3. The Hall–Kier alpha value is -3.35. The highest BCUT2D eigenvalue weighted by Crippen LogP contribution is 2.46. The van der Waals surface area contributed by atoms with Crippen molar-refractivity contribution in [3.05, 3.63) is 93.4 Å². The van der Waals surface area contributed by atoms with Crippen molar-refractivity contribution in [1.82, 2.24) is 5.16 Å². The summed E-state index contributed by atoms with van der Waals surface area (Å²) in [6.45, 7) is 0.0480. The molecule has 5 nitrogen and oxygen atoms in total. The van der Waals surface area contributed by atoms with E-state index in [4.69, 9.17) is 37.6 Å². The Labute approximate surface area is 211 Å². The summed E-state index contributed by atoms with van der Waals surface area (Å²) in [6.07, 6.45) is 1.92. The molecule has 0 saturated heterocycles. The van der Waals surface area contributed by atoms with Gasteiger partial charge in [-0.25, -0.2) is 4.39 Å². The van der Waals surface area contributed by atoms with E-state index >= 15 is 0 Å². The highest BCUT2D eigenvalue weighted by molar-refractivity contribution is 6.39. The number of carboxylic acids is 1. The minimum atomic E-state index is -0.900. The molecule has 0 radical (unpaired) electrons. The second-order valence-electron chi connectivity index (χ2n) is 8.45. The first kappa shape index (κ1) is 23.4. The monoisotopic (exact) mass is 511 g/mol. The lowest BCUT2D eigenvalue weighted by Gasteiger charge is -2.11. The van der Waals surface area contributed by atoms with Crippen LogP contribution in [0, 0.1) is 5.82 Å². The number of ether oxygens (including phenoxy) is 1. The zero-order valence-corrected chi connectivity index (χ0v) is 19.9. The summed E-state index contributed by atoms with van der Waals surface area (Å²) >= 11 is 12.8. The van der Waals surface area contributed by atoms with Gasteiger partial charge in [-0.2, -0.15) is 0 Å². The van der Waals surface area contributed by atoms with E-state index < -0.39 is 11.8 Å². The van der Waals surface area contributed by atoms with Crippen LogP contribution in [-0.2, 0) is 17.8 Å². The van der Waals surface area contributed by atoms with E-state index in [2.05, 4.69) is 5.16 Å². The third-order valence-corrected chi connectivity index (χ3v) is 6.54. The number of hydrogen-bond donors (Lipinski definition) is 1. The Morgan fingerprint density at radius 2 is 1.74 bits per heavy atom. The maximum absolute atomic E-state index is 15.0. The molecular formula is C27H20Cl2FNO4. The standard InChI is InChI=1S/C27H20Cl2FNO4/c28-20-2-1-3-21(29)25(20)26-19(27(35-31-26)17-8-9-17)14-34-23-11-10-18(13-22(23)30)16-6-4-15(5-7-16)12-24(32)33/h1-7,10-11,13,17H,8-9,12,14H2,(H,32,33). The molecule has 0 amide bonds. The summed E-state index contributed by atoms with van der Waals surface area (Å²) in [4.78, 5) is 10.9. The smallest absolute Gasteiger partial charge is 0.307 e. The average Bonchev–Trinajstić information content (AvgIpc) is 3.59. The number of nitrogens with zero attached hydrogens (tertiary/aromatic N) is 1. The molecule has 178 valence electrons. The Bertz CT molecular complexity index is 1380. The summed E-state index contributed by atoms with van der Waals surface area (Å²) in [5.41, 5.74) is 3.88. The van der Waals surface area contributed by atoms with Crippen LogP contribution in [0.4, 0.5) is 4.39 Å². The number of hydrogen-bond acceptors (Lipinski definition) is 4. The van der Waals surface area contributed by atoms with E-state index in [0.29, 0.717) is 38.0 Å². The van der Waals surface area contributed by atoms with Crippen LogP contribution in [0.3, 0.4) is 0 Å². The van der Waals surface area contributed by atoms with E-state index in [1.54, 1.807) is 54.6 Å². The van der Waals surface area contributed by atoms with Gasteiger partial charge in [0.2, 0.25) is 0 Å². The van der Waals surface area contributed by atoms with Crippen molar-refractivity contribution in [3.63, 3.8) is 0 Å². The highest BCUT2D eigenvalue weighted by Gasteiger charge is 2.33. The van der Waals surface area contributed by atoms with Gasteiger partial charge in [-0.15, -0.1) is 0 Å². The molecule has 5 rings (SSSR count). The molecule has 1 aromatic heterocycles. The Balaban J connectivity index is 1.38.